The van der Waals surface area contributed by atoms with E-state index < -0.39 is 0 Å². The molecular weight excluding hydrogens is 326 g/mol. The van der Waals surface area contributed by atoms with Crippen molar-refractivity contribution >= 4 is 27.5 Å². The van der Waals surface area contributed by atoms with Crippen LogP contribution in [0.25, 0.3) is 0 Å². The summed E-state index contributed by atoms with van der Waals surface area (Å²) >= 11 is 9.59. The first kappa shape index (κ1) is 16.8. The summed E-state index contributed by atoms with van der Waals surface area (Å²) < 4.78 is 6.98. The number of hydrogen-bond donors (Lipinski definition) is 1. The van der Waals surface area contributed by atoms with Gasteiger partial charge in [-0.25, -0.2) is 0 Å². The van der Waals surface area contributed by atoms with Crippen molar-refractivity contribution in [2.75, 3.05) is 6.54 Å². The van der Waals surface area contributed by atoms with Crippen molar-refractivity contribution in [1.29, 1.82) is 0 Å². The second kappa shape index (κ2) is 7.51. The topological polar surface area (TPSA) is 21.3 Å². The lowest BCUT2D eigenvalue weighted by atomic mass is 10.1. The summed E-state index contributed by atoms with van der Waals surface area (Å²) in [5.74, 6) is 0.749. The Morgan fingerprint density at radius 3 is 2.58 bits per heavy atom. The minimum absolute atomic E-state index is 0.0961. The average Bonchev–Trinajstić information content (AvgIpc) is 2.28. The van der Waals surface area contributed by atoms with Gasteiger partial charge in [-0.05, 0) is 45.4 Å². The van der Waals surface area contributed by atoms with Gasteiger partial charge in [0.1, 0.15) is 11.9 Å². The van der Waals surface area contributed by atoms with Crippen molar-refractivity contribution in [3.63, 3.8) is 0 Å². The molecule has 0 aliphatic heterocycles. The zero-order chi connectivity index (χ0) is 14.5. The molecule has 0 bridgehead atoms. The van der Waals surface area contributed by atoms with E-state index in [0.29, 0.717) is 5.02 Å². The lowest BCUT2D eigenvalue weighted by Gasteiger charge is -2.26. The molecule has 1 atom stereocenters. The van der Waals surface area contributed by atoms with Crippen LogP contribution in [0.2, 0.25) is 5.02 Å². The fraction of sp³-hybridized carbons (Fsp3) is 0.600. The molecule has 0 aliphatic carbocycles. The van der Waals surface area contributed by atoms with Crippen LogP contribution in [0, 0.1) is 0 Å². The maximum absolute atomic E-state index is 6.19. The molecule has 0 aliphatic rings. The number of nitrogens with one attached hydrogen (secondary N) is 1. The van der Waals surface area contributed by atoms with Crippen molar-refractivity contribution in [1.82, 2.24) is 5.32 Å². The zero-order valence-electron chi connectivity index (χ0n) is 12.1. The van der Waals surface area contributed by atoms with Gasteiger partial charge in [-0.2, -0.15) is 0 Å². The maximum atomic E-state index is 6.19. The summed E-state index contributed by atoms with van der Waals surface area (Å²) in [4.78, 5) is 0. The van der Waals surface area contributed by atoms with Gasteiger partial charge in [-0.15, -0.1) is 0 Å². The minimum atomic E-state index is 0.0961. The van der Waals surface area contributed by atoms with Crippen LogP contribution in [0.3, 0.4) is 0 Å². The predicted molar refractivity (Wildman–Crippen MR) is 86.2 cm³/mol. The third-order valence-electron chi connectivity index (χ3n) is 2.66. The van der Waals surface area contributed by atoms with Crippen molar-refractivity contribution in [3.8, 4) is 5.75 Å². The largest absolute Gasteiger partial charge is 0.488 e. The maximum Gasteiger partial charge on any atom is 0.138 e. The molecule has 19 heavy (non-hydrogen) atoms. The molecule has 1 aromatic rings. The Labute approximate surface area is 130 Å². The Bertz CT molecular complexity index is 404. The number of halogens is 2. The van der Waals surface area contributed by atoms with Crippen LogP contribution in [0.1, 0.15) is 40.5 Å². The van der Waals surface area contributed by atoms with Crippen LogP contribution in [-0.4, -0.2) is 18.2 Å². The molecule has 2 nitrogen and oxygen atoms in total. The summed E-state index contributed by atoms with van der Waals surface area (Å²) in [6, 6.07) is 5.71. The lowest BCUT2D eigenvalue weighted by molar-refractivity contribution is 0.175. The van der Waals surface area contributed by atoms with Crippen LogP contribution in [0.4, 0.5) is 0 Å². The molecule has 0 saturated heterocycles. The summed E-state index contributed by atoms with van der Waals surface area (Å²) in [6.45, 7) is 9.45. The van der Waals surface area contributed by atoms with E-state index in [9.17, 15) is 0 Å². The van der Waals surface area contributed by atoms with Gasteiger partial charge in [0.05, 0.1) is 5.02 Å². The molecule has 1 N–H and O–H groups in total. The van der Waals surface area contributed by atoms with Crippen LogP contribution in [0.15, 0.2) is 22.7 Å². The Kier molecular flexibility index (Phi) is 6.64. The lowest BCUT2D eigenvalue weighted by Crippen LogP contribution is -2.42. The third kappa shape index (κ3) is 6.64. The monoisotopic (exact) mass is 347 g/mol. The van der Waals surface area contributed by atoms with Gasteiger partial charge in [0.25, 0.3) is 0 Å². The molecule has 1 rings (SSSR count). The second-order valence-electron chi connectivity index (χ2n) is 5.73. The molecule has 0 spiro atoms. The summed E-state index contributed by atoms with van der Waals surface area (Å²) in [5.41, 5.74) is 0.0961. The summed E-state index contributed by atoms with van der Waals surface area (Å²) in [6.07, 6.45) is 2.24. The van der Waals surface area contributed by atoms with Gasteiger partial charge in [0.15, 0.2) is 0 Å². The van der Waals surface area contributed by atoms with E-state index >= 15 is 0 Å². The molecule has 108 valence electrons. The fourth-order valence-electron chi connectivity index (χ4n) is 1.69. The molecule has 1 aromatic carbocycles. The highest BCUT2D eigenvalue weighted by molar-refractivity contribution is 9.10. The quantitative estimate of drug-likeness (QED) is 0.777. The Balaban J connectivity index is 2.67. The molecule has 0 radical (unpaired) electrons. The summed E-state index contributed by atoms with van der Waals surface area (Å²) in [5, 5.41) is 4.13. The van der Waals surface area contributed by atoms with Crippen LogP contribution in [-0.2, 0) is 0 Å². The van der Waals surface area contributed by atoms with E-state index in [-0.39, 0.29) is 11.6 Å². The number of rotatable bonds is 6. The van der Waals surface area contributed by atoms with Crippen molar-refractivity contribution in [3.05, 3.63) is 27.7 Å². The van der Waals surface area contributed by atoms with E-state index in [1.165, 1.54) is 0 Å². The number of hydrogen-bond acceptors (Lipinski definition) is 2. The summed E-state index contributed by atoms with van der Waals surface area (Å²) in [7, 11) is 0. The van der Waals surface area contributed by atoms with E-state index in [1.54, 1.807) is 0 Å². The second-order valence-corrected chi connectivity index (χ2v) is 7.06. The van der Waals surface area contributed by atoms with E-state index in [4.69, 9.17) is 16.3 Å². The molecular formula is C15H23BrClNO. The van der Waals surface area contributed by atoms with Gasteiger partial charge in [-0.1, -0.05) is 40.9 Å². The predicted octanol–water partition coefficient (Wildman–Crippen LogP) is 5.04. The minimum Gasteiger partial charge on any atom is -0.488 e. The van der Waals surface area contributed by atoms with Gasteiger partial charge < -0.3 is 10.1 Å². The zero-order valence-corrected chi connectivity index (χ0v) is 14.4. The number of ether oxygens (including phenoxy) is 1. The standard InChI is InChI=1S/C15H23BrClNO/c1-5-6-12(10-18-15(2,3)4)19-14-8-7-11(16)9-13(14)17/h7-9,12,18H,5-6,10H2,1-4H3. The van der Waals surface area contributed by atoms with Crippen molar-refractivity contribution in [2.45, 2.75) is 52.2 Å². The first-order valence-electron chi connectivity index (χ1n) is 6.68. The van der Waals surface area contributed by atoms with E-state index in [0.717, 1.165) is 29.6 Å². The normalized spacial score (nSPS) is 13.4. The Morgan fingerprint density at radius 1 is 1.37 bits per heavy atom. The first-order valence-corrected chi connectivity index (χ1v) is 7.85. The molecule has 1 unspecified atom stereocenters. The smallest absolute Gasteiger partial charge is 0.138 e. The number of benzene rings is 1. The first-order chi connectivity index (χ1) is 8.81. The van der Waals surface area contributed by atoms with E-state index in [2.05, 4.69) is 48.9 Å². The molecule has 4 heteroatoms. The Hall–Kier alpha value is -0.250. The molecule has 0 saturated carbocycles. The SMILES string of the molecule is CCCC(CNC(C)(C)C)Oc1ccc(Br)cc1Cl. The third-order valence-corrected chi connectivity index (χ3v) is 3.45. The van der Waals surface area contributed by atoms with Crippen LogP contribution >= 0.6 is 27.5 Å². The van der Waals surface area contributed by atoms with Crippen molar-refractivity contribution < 1.29 is 4.74 Å². The fourth-order valence-corrected chi connectivity index (χ4v) is 2.41. The molecule has 0 amide bonds. The van der Waals surface area contributed by atoms with Gasteiger partial charge in [-0.3, -0.25) is 0 Å². The molecule has 0 aromatic heterocycles. The highest BCUT2D eigenvalue weighted by Crippen LogP contribution is 2.29. The van der Waals surface area contributed by atoms with Crippen molar-refractivity contribution in [2.24, 2.45) is 0 Å². The highest BCUT2D eigenvalue weighted by atomic mass is 79.9. The molecule has 0 heterocycles. The highest BCUT2D eigenvalue weighted by Gasteiger charge is 2.16. The average molecular weight is 349 g/mol. The molecule has 0 fully saturated rings. The van der Waals surface area contributed by atoms with Crippen LogP contribution in [0.5, 0.6) is 5.75 Å². The van der Waals surface area contributed by atoms with Gasteiger partial charge in [0.2, 0.25) is 0 Å². The van der Waals surface area contributed by atoms with E-state index in [1.807, 2.05) is 18.2 Å². The van der Waals surface area contributed by atoms with Crippen LogP contribution < -0.4 is 10.1 Å². The van der Waals surface area contributed by atoms with Gasteiger partial charge >= 0.3 is 0 Å². The van der Waals surface area contributed by atoms with Gasteiger partial charge in [0, 0.05) is 16.6 Å². The Morgan fingerprint density at radius 2 is 2.05 bits per heavy atom.